The summed E-state index contributed by atoms with van der Waals surface area (Å²) in [7, 11) is 1.53. The minimum Gasteiger partial charge on any atom is -0.354 e. The predicted molar refractivity (Wildman–Crippen MR) is 151 cm³/mol. The van der Waals surface area contributed by atoms with Gasteiger partial charge in [0.2, 0.25) is 5.91 Å². The molecule has 1 aliphatic heterocycles. The number of hydrogen-bond donors (Lipinski definition) is 3. The Hall–Kier alpha value is -5.15. The largest absolute Gasteiger partial charge is 0.354 e. The van der Waals surface area contributed by atoms with Gasteiger partial charge < -0.3 is 16.0 Å². The average molecular weight is 549 g/mol. The van der Waals surface area contributed by atoms with Gasteiger partial charge in [0.25, 0.3) is 5.91 Å². The first-order valence-corrected chi connectivity index (χ1v) is 13.4. The summed E-state index contributed by atoms with van der Waals surface area (Å²) in [6.07, 6.45) is 5.62. The van der Waals surface area contributed by atoms with Crippen LogP contribution in [-0.2, 0) is 11.3 Å². The zero-order valence-corrected chi connectivity index (χ0v) is 22.4. The molecule has 0 atom stereocenters. The van der Waals surface area contributed by atoms with E-state index in [1.807, 2.05) is 53.5 Å². The molecule has 4 heterocycles. The smallest absolute Gasteiger partial charge is 0.273 e. The fraction of sp³-hybridized carbons (Fsp3) is 0.276. The number of hydrogen-bond acceptors (Lipinski definition) is 9. The van der Waals surface area contributed by atoms with Crippen molar-refractivity contribution in [3.8, 4) is 17.2 Å². The number of pyridine rings is 1. The highest BCUT2D eigenvalue weighted by Gasteiger charge is 2.30. The van der Waals surface area contributed by atoms with E-state index in [-0.39, 0.29) is 35.3 Å². The molecule has 3 aromatic heterocycles. The molecule has 2 amide bonds. The number of carbonyl (C=O) groups excluding carboxylic acids is 2. The maximum Gasteiger partial charge on any atom is 0.273 e. The van der Waals surface area contributed by atoms with Crippen molar-refractivity contribution in [3.63, 3.8) is 0 Å². The predicted octanol–water partition coefficient (Wildman–Crippen LogP) is 3.12. The summed E-state index contributed by atoms with van der Waals surface area (Å²) in [5, 5.41) is 30.4. The van der Waals surface area contributed by atoms with E-state index < -0.39 is 0 Å². The zero-order chi connectivity index (χ0) is 28.3. The molecule has 12 nitrogen and oxygen atoms in total. The van der Waals surface area contributed by atoms with Crippen LogP contribution in [0.25, 0.3) is 11.1 Å². The molecule has 4 aromatic rings. The summed E-state index contributed by atoms with van der Waals surface area (Å²) in [5.41, 5.74) is 4.54. The topological polar surface area (TPSA) is 154 Å². The molecule has 0 unspecified atom stereocenters. The maximum atomic E-state index is 12.4. The van der Waals surface area contributed by atoms with Crippen LogP contribution in [-0.4, -0.2) is 61.8 Å². The fourth-order valence-electron chi connectivity index (χ4n) is 4.72. The van der Waals surface area contributed by atoms with Crippen LogP contribution in [0.3, 0.4) is 0 Å². The summed E-state index contributed by atoms with van der Waals surface area (Å²) in [4.78, 5) is 31.3. The first-order chi connectivity index (χ1) is 20.0. The van der Waals surface area contributed by atoms with E-state index in [4.69, 9.17) is 5.26 Å². The van der Waals surface area contributed by atoms with Gasteiger partial charge in [-0.1, -0.05) is 18.2 Å². The molecular weight excluding hydrogens is 520 g/mol. The number of nitrogens with zero attached hydrogens (tertiary/aromatic N) is 7. The van der Waals surface area contributed by atoms with Gasteiger partial charge in [-0.2, -0.15) is 10.4 Å². The molecule has 0 spiro atoms. The Morgan fingerprint density at radius 1 is 1.07 bits per heavy atom. The minimum atomic E-state index is -0.388. The number of amides is 2. The third-order valence-electron chi connectivity index (χ3n) is 7.13. The molecule has 1 aromatic carbocycles. The average Bonchev–Trinajstić information content (AvgIpc) is 3.72. The lowest BCUT2D eigenvalue weighted by Gasteiger charge is -2.38. The third-order valence-corrected chi connectivity index (χ3v) is 7.13. The Kier molecular flexibility index (Phi) is 7.09. The summed E-state index contributed by atoms with van der Waals surface area (Å²) in [5.74, 6) is -0.166. The van der Waals surface area contributed by atoms with Gasteiger partial charge >= 0.3 is 0 Å². The Morgan fingerprint density at radius 3 is 2.68 bits per heavy atom. The lowest BCUT2D eigenvalue weighted by molar-refractivity contribution is -0.117. The standard InChI is InChI=1S/C29H28N10O2/c1-31-29(41)27-25(11-26(36-37-27)35-28(40)18-8-9-18)34-21-5-2-4-19(10-21)20-13-32-39(14-20)24-16-38(17-24)15-23-7-3-6-22(12-30)33-23/h2-7,10-11,13-14,18,24H,8-9,15-17H2,1H3,(H,31,41)(H2,34,35,36,40). The van der Waals surface area contributed by atoms with Crippen molar-refractivity contribution < 1.29 is 9.59 Å². The van der Waals surface area contributed by atoms with Crippen LogP contribution in [0.5, 0.6) is 0 Å². The Bertz CT molecular complexity index is 1650. The highest BCUT2D eigenvalue weighted by molar-refractivity contribution is 5.99. The summed E-state index contributed by atoms with van der Waals surface area (Å²) < 4.78 is 1.98. The molecule has 41 heavy (non-hydrogen) atoms. The minimum absolute atomic E-state index is 0.0194. The van der Waals surface area contributed by atoms with Crippen LogP contribution in [0.1, 0.15) is 40.8 Å². The van der Waals surface area contributed by atoms with Gasteiger partial charge in [0.15, 0.2) is 11.5 Å². The second-order valence-electron chi connectivity index (χ2n) is 10.2. The van der Waals surface area contributed by atoms with Gasteiger partial charge in [-0.25, -0.2) is 4.98 Å². The normalized spacial score (nSPS) is 15.0. The van der Waals surface area contributed by atoms with Gasteiger partial charge in [0, 0.05) is 56.1 Å². The molecule has 1 saturated carbocycles. The maximum absolute atomic E-state index is 12.4. The van der Waals surface area contributed by atoms with E-state index in [9.17, 15) is 9.59 Å². The number of benzene rings is 1. The Morgan fingerprint density at radius 2 is 1.90 bits per heavy atom. The van der Waals surface area contributed by atoms with E-state index >= 15 is 0 Å². The van der Waals surface area contributed by atoms with Crippen molar-refractivity contribution in [2.24, 2.45) is 5.92 Å². The number of nitriles is 1. The van der Waals surface area contributed by atoms with Crippen LogP contribution in [0.2, 0.25) is 0 Å². The van der Waals surface area contributed by atoms with Crippen molar-refractivity contribution >= 4 is 29.0 Å². The Balaban J connectivity index is 1.14. The first kappa shape index (κ1) is 26.1. The summed E-state index contributed by atoms with van der Waals surface area (Å²) in [6, 6.07) is 17.3. The number of carbonyl (C=O) groups is 2. The molecule has 12 heteroatoms. The monoisotopic (exact) mass is 548 g/mol. The molecule has 2 aliphatic rings. The number of anilines is 3. The number of aromatic nitrogens is 5. The van der Waals surface area contributed by atoms with Crippen molar-refractivity contribution in [2.75, 3.05) is 30.8 Å². The number of rotatable bonds is 9. The van der Waals surface area contributed by atoms with Gasteiger partial charge in [-0.15, -0.1) is 10.2 Å². The quantitative estimate of drug-likeness (QED) is 0.286. The Labute approximate surface area is 236 Å². The van der Waals surface area contributed by atoms with Crippen LogP contribution in [0.4, 0.5) is 17.2 Å². The highest BCUT2D eigenvalue weighted by Crippen LogP contribution is 2.31. The lowest BCUT2D eigenvalue weighted by Crippen LogP contribution is -2.47. The summed E-state index contributed by atoms with van der Waals surface area (Å²) in [6.45, 7) is 2.39. The second kappa shape index (κ2) is 11.1. The summed E-state index contributed by atoms with van der Waals surface area (Å²) >= 11 is 0. The zero-order valence-electron chi connectivity index (χ0n) is 22.4. The van der Waals surface area contributed by atoms with Crippen molar-refractivity contribution in [3.05, 3.63) is 78.0 Å². The van der Waals surface area contributed by atoms with Crippen LogP contribution < -0.4 is 16.0 Å². The van der Waals surface area contributed by atoms with Crippen LogP contribution in [0.15, 0.2) is 60.9 Å². The molecule has 206 valence electrons. The van der Waals surface area contributed by atoms with E-state index in [0.717, 1.165) is 48.4 Å². The van der Waals surface area contributed by atoms with Crippen molar-refractivity contribution in [1.29, 1.82) is 5.26 Å². The molecule has 0 bridgehead atoms. The second-order valence-corrected chi connectivity index (χ2v) is 10.2. The van der Waals surface area contributed by atoms with Crippen LogP contribution in [0, 0.1) is 17.2 Å². The van der Waals surface area contributed by atoms with E-state index in [0.29, 0.717) is 17.9 Å². The molecule has 3 N–H and O–H groups in total. The molecular formula is C29H28N10O2. The fourth-order valence-corrected chi connectivity index (χ4v) is 4.72. The van der Waals surface area contributed by atoms with Crippen LogP contribution >= 0.6 is 0 Å². The van der Waals surface area contributed by atoms with E-state index in [1.54, 1.807) is 12.1 Å². The van der Waals surface area contributed by atoms with Gasteiger partial charge in [0.05, 0.1) is 23.6 Å². The highest BCUT2D eigenvalue weighted by atomic mass is 16.2. The van der Waals surface area contributed by atoms with Gasteiger partial charge in [-0.3, -0.25) is 19.2 Å². The van der Waals surface area contributed by atoms with Crippen molar-refractivity contribution in [1.82, 2.24) is 35.2 Å². The van der Waals surface area contributed by atoms with Crippen molar-refractivity contribution in [2.45, 2.75) is 25.4 Å². The first-order valence-electron chi connectivity index (χ1n) is 13.4. The number of nitrogens with one attached hydrogen (secondary N) is 3. The lowest BCUT2D eigenvalue weighted by atomic mass is 10.1. The van der Waals surface area contributed by atoms with E-state index in [2.05, 4.69) is 47.2 Å². The molecule has 2 fully saturated rings. The van der Waals surface area contributed by atoms with E-state index in [1.165, 1.54) is 7.05 Å². The van der Waals surface area contributed by atoms with Gasteiger partial charge in [-0.05, 0) is 42.7 Å². The third kappa shape index (κ3) is 5.90. The van der Waals surface area contributed by atoms with Gasteiger partial charge in [0.1, 0.15) is 11.8 Å². The molecule has 6 rings (SSSR count). The SMILES string of the molecule is CNC(=O)c1nnc(NC(=O)C2CC2)cc1Nc1cccc(-c2cnn(C3CN(Cc4cccc(C#N)n4)C3)c2)c1. The number of likely N-dealkylation sites (tertiary alicyclic amines) is 1. The molecule has 0 radical (unpaired) electrons. The molecule has 1 aliphatic carbocycles. The molecule has 1 saturated heterocycles.